The maximum atomic E-state index is 13.4. The lowest BCUT2D eigenvalue weighted by Crippen LogP contribution is -2.54. The largest absolute Gasteiger partial charge is 0.350 e. The predicted octanol–water partition coefficient (Wildman–Crippen LogP) is 4.09. The molecule has 0 saturated heterocycles. The van der Waals surface area contributed by atoms with Gasteiger partial charge in [0.15, 0.2) is 0 Å². The zero-order valence-electron chi connectivity index (χ0n) is 19.3. The molecule has 1 atom stereocenters. The summed E-state index contributed by atoms with van der Waals surface area (Å²) in [5, 5.41) is 3.34. The van der Waals surface area contributed by atoms with Crippen LogP contribution in [0.4, 0.5) is 5.69 Å². The molecule has 180 valence electrons. The molecule has 2 rings (SSSR count). The number of nitrogens with one attached hydrogen (secondary N) is 1. The molecule has 0 aromatic heterocycles. The van der Waals surface area contributed by atoms with E-state index in [9.17, 15) is 18.0 Å². The third-order valence-corrected chi connectivity index (χ3v) is 6.25. The zero-order valence-corrected chi connectivity index (χ0v) is 21.6. The highest BCUT2D eigenvalue weighted by Crippen LogP contribution is 2.27. The Hall–Kier alpha value is -2.29. The number of nitrogens with zero attached hydrogens (tertiary/aromatic N) is 2. The minimum atomic E-state index is -3.86. The Morgan fingerprint density at radius 2 is 1.58 bits per heavy atom. The fourth-order valence-corrected chi connectivity index (χ4v) is 4.48. The number of halogens is 2. The van der Waals surface area contributed by atoms with Crippen LogP contribution in [0.25, 0.3) is 0 Å². The molecule has 0 fully saturated rings. The molecule has 0 aliphatic heterocycles. The summed E-state index contributed by atoms with van der Waals surface area (Å²) >= 11 is 12.1. The van der Waals surface area contributed by atoms with Gasteiger partial charge in [0.25, 0.3) is 0 Å². The van der Waals surface area contributed by atoms with Crippen molar-refractivity contribution in [3.8, 4) is 0 Å². The number of carbonyl (C=O) groups is 2. The van der Waals surface area contributed by atoms with Crippen LogP contribution < -0.4 is 9.62 Å². The maximum Gasteiger partial charge on any atom is 0.244 e. The first-order valence-corrected chi connectivity index (χ1v) is 12.9. The molecule has 0 heterocycles. The molecule has 0 saturated carbocycles. The lowest BCUT2D eigenvalue weighted by atomic mass is 10.1. The third kappa shape index (κ3) is 8.21. The molecular weight excluding hydrogens is 485 g/mol. The van der Waals surface area contributed by atoms with E-state index in [-0.39, 0.29) is 28.2 Å². The van der Waals surface area contributed by atoms with Crippen LogP contribution in [0.15, 0.2) is 48.5 Å². The minimum Gasteiger partial charge on any atom is -0.350 e. The fraction of sp³-hybridized carbons (Fsp3) is 0.391. The molecule has 2 aromatic carbocycles. The Labute approximate surface area is 205 Å². The number of benzene rings is 2. The number of amides is 2. The third-order valence-electron chi connectivity index (χ3n) is 4.68. The van der Waals surface area contributed by atoms with Gasteiger partial charge in [-0.2, -0.15) is 0 Å². The first kappa shape index (κ1) is 27.0. The number of carbonyl (C=O) groups excluding carboxylic acids is 2. The standard InChI is InChI=1S/C23H29Cl2N3O4S/c1-16(22(30)26-23(2,3)4)27(14-17-9-7-6-8-10-17)21(29)15-28(33(5,31)32)20-12-18(24)11-19(25)13-20/h6-13,16H,14-15H2,1-5H3,(H,26,30). The van der Waals surface area contributed by atoms with E-state index in [1.54, 1.807) is 6.92 Å². The normalized spacial score (nSPS) is 12.7. The van der Waals surface area contributed by atoms with Crippen LogP contribution >= 0.6 is 23.2 Å². The Bertz CT molecular complexity index is 1080. The van der Waals surface area contributed by atoms with E-state index < -0.39 is 34.1 Å². The molecular formula is C23H29Cl2N3O4S. The first-order valence-electron chi connectivity index (χ1n) is 10.3. The smallest absolute Gasteiger partial charge is 0.244 e. The van der Waals surface area contributed by atoms with Crippen LogP contribution in [0.5, 0.6) is 0 Å². The fourth-order valence-electron chi connectivity index (χ4n) is 3.13. The van der Waals surface area contributed by atoms with Crippen molar-refractivity contribution < 1.29 is 18.0 Å². The molecule has 0 aliphatic carbocycles. The summed E-state index contributed by atoms with van der Waals surface area (Å²) in [6.45, 7) is 6.75. The second kappa shape index (κ2) is 10.8. The molecule has 0 aliphatic rings. The molecule has 10 heteroatoms. The maximum absolute atomic E-state index is 13.4. The Morgan fingerprint density at radius 1 is 1.03 bits per heavy atom. The average molecular weight is 514 g/mol. The van der Waals surface area contributed by atoms with E-state index in [0.29, 0.717) is 0 Å². The van der Waals surface area contributed by atoms with Crippen molar-refractivity contribution in [3.05, 3.63) is 64.1 Å². The van der Waals surface area contributed by atoms with Gasteiger partial charge in [0.05, 0.1) is 11.9 Å². The average Bonchev–Trinajstić information content (AvgIpc) is 2.67. The van der Waals surface area contributed by atoms with Crippen molar-refractivity contribution in [1.29, 1.82) is 0 Å². The highest BCUT2D eigenvalue weighted by molar-refractivity contribution is 7.92. The van der Waals surface area contributed by atoms with Crippen LogP contribution in [0.3, 0.4) is 0 Å². The number of hydrogen-bond acceptors (Lipinski definition) is 4. The van der Waals surface area contributed by atoms with Gasteiger partial charge in [0.1, 0.15) is 12.6 Å². The summed E-state index contributed by atoms with van der Waals surface area (Å²) in [6, 6.07) is 12.6. The highest BCUT2D eigenvalue weighted by Gasteiger charge is 2.31. The second-order valence-electron chi connectivity index (χ2n) is 8.82. The van der Waals surface area contributed by atoms with E-state index in [1.165, 1.54) is 23.1 Å². The number of rotatable bonds is 8. The van der Waals surface area contributed by atoms with Gasteiger partial charge in [0.2, 0.25) is 21.8 Å². The van der Waals surface area contributed by atoms with Gasteiger partial charge in [-0.1, -0.05) is 53.5 Å². The number of anilines is 1. The summed E-state index contributed by atoms with van der Waals surface area (Å²) in [5.41, 5.74) is 0.469. The van der Waals surface area contributed by atoms with Gasteiger partial charge in [-0.25, -0.2) is 8.42 Å². The Morgan fingerprint density at radius 3 is 2.06 bits per heavy atom. The molecule has 33 heavy (non-hydrogen) atoms. The summed E-state index contributed by atoms with van der Waals surface area (Å²) in [6.07, 6.45) is 0.992. The number of sulfonamides is 1. The van der Waals surface area contributed by atoms with Crippen LogP contribution in [-0.4, -0.2) is 49.5 Å². The van der Waals surface area contributed by atoms with Gasteiger partial charge in [-0.05, 0) is 51.5 Å². The first-order chi connectivity index (χ1) is 15.2. The van der Waals surface area contributed by atoms with Crippen molar-refractivity contribution in [2.75, 3.05) is 17.1 Å². The lowest BCUT2D eigenvalue weighted by Gasteiger charge is -2.33. The van der Waals surface area contributed by atoms with E-state index >= 15 is 0 Å². The zero-order chi connectivity index (χ0) is 25.0. The molecule has 0 bridgehead atoms. The van der Waals surface area contributed by atoms with Crippen molar-refractivity contribution in [2.24, 2.45) is 0 Å². The van der Waals surface area contributed by atoms with Gasteiger partial charge >= 0.3 is 0 Å². The minimum absolute atomic E-state index is 0.131. The van der Waals surface area contributed by atoms with Crippen LogP contribution in [0.2, 0.25) is 10.0 Å². The van der Waals surface area contributed by atoms with Crippen molar-refractivity contribution in [3.63, 3.8) is 0 Å². The van der Waals surface area contributed by atoms with Crippen molar-refractivity contribution >= 4 is 50.7 Å². The molecule has 0 radical (unpaired) electrons. The Balaban J connectivity index is 2.41. The molecule has 1 N–H and O–H groups in total. The summed E-state index contributed by atoms with van der Waals surface area (Å²) < 4.78 is 26.0. The van der Waals surface area contributed by atoms with Crippen LogP contribution in [-0.2, 0) is 26.2 Å². The molecule has 2 amide bonds. The van der Waals surface area contributed by atoms with Crippen molar-refractivity contribution in [1.82, 2.24) is 10.2 Å². The number of hydrogen-bond donors (Lipinski definition) is 1. The van der Waals surface area contributed by atoms with Gasteiger partial charge in [0, 0.05) is 22.1 Å². The predicted molar refractivity (Wildman–Crippen MR) is 133 cm³/mol. The summed E-state index contributed by atoms with van der Waals surface area (Å²) in [5.74, 6) is -0.888. The highest BCUT2D eigenvalue weighted by atomic mass is 35.5. The summed E-state index contributed by atoms with van der Waals surface area (Å²) in [7, 11) is -3.86. The molecule has 1 unspecified atom stereocenters. The monoisotopic (exact) mass is 513 g/mol. The van der Waals surface area contributed by atoms with Crippen molar-refractivity contribution in [2.45, 2.75) is 45.8 Å². The van der Waals surface area contributed by atoms with Gasteiger partial charge in [-0.3, -0.25) is 13.9 Å². The quantitative estimate of drug-likeness (QED) is 0.575. The van der Waals surface area contributed by atoms with Crippen LogP contribution in [0, 0.1) is 0 Å². The van der Waals surface area contributed by atoms with Crippen LogP contribution in [0.1, 0.15) is 33.3 Å². The van der Waals surface area contributed by atoms with E-state index in [4.69, 9.17) is 23.2 Å². The molecule has 7 nitrogen and oxygen atoms in total. The Kier molecular flexibility index (Phi) is 8.79. The SMILES string of the molecule is CC(C(=O)NC(C)(C)C)N(Cc1ccccc1)C(=O)CN(c1cc(Cl)cc(Cl)c1)S(C)(=O)=O. The van der Waals surface area contributed by atoms with Gasteiger partial charge in [-0.15, -0.1) is 0 Å². The van der Waals surface area contributed by atoms with Gasteiger partial charge < -0.3 is 10.2 Å². The summed E-state index contributed by atoms with van der Waals surface area (Å²) in [4.78, 5) is 27.7. The second-order valence-corrected chi connectivity index (χ2v) is 11.6. The topological polar surface area (TPSA) is 86.8 Å². The molecule has 2 aromatic rings. The molecule has 0 spiro atoms. The van der Waals surface area contributed by atoms with E-state index in [1.807, 2.05) is 51.1 Å². The van der Waals surface area contributed by atoms with E-state index in [0.717, 1.165) is 16.1 Å². The lowest BCUT2D eigenvalue weighted by molar-refractivity contribution is -0.140. The van der Waals surface area contributed by atoms with E-state index in [2.05, 4.69) is 5.32 Å².